The van der Waals surface area contributed by atoms with Crippen molar-refractivity contribution in [3.63, 3.8) is 0 Å². The summed E-state index contributed by atoms with van der Waals surface area (Å²) in [6.45, 7) is 21.0. The van der Waals surface area contributed by atoms with E-state index < -0.39 is 0 Å². The van der Waals surface area contributed by atoms with Crippen LogP contribution in [0.25, 0.3) is 0 Å². The molecule has 1 atom stereocenters. The first-order valence-corrected chi connectivity index (χ1v) is 6.87. The summed E-state index contributed by atoms with van der Waals surface area (Å²) in [5.74, 6) is 0. The summed E-state index contributed by atoms with van der Waals surface area (Å²) in [4.78, 5) is 0. The van der Waals surface area contributed by atoms with E-state index in [1.54, 1.807) is 18.2 Å². The lowest BCUT2D eigenvalue weighted by Gasteiger charge is -2.13. The van der Waals surface area contributed by atoms with E-state index in [1.807, 2.05) is 58.9 Å². The van der Waals surface area contributed by atoms with Crippen LogP contribution in [-0.4, -0.2) is 6.04 Å². The van der Waals surface area contributed by atoms with Gasteiger partial charge in [-0.25, -0.2) is 0 Å². The number of hydrogen-bond donors (Lipinski definition) is 1. The molecule has 1 unspecified atom stereocenters. The largest absolute Gasteiger partial charge is 0.320 e. The Hall–Kier alpha value is -1.60. The zero-order chi connectivity index (χ0) is 15.7. The van der Waals surface area contributed by atoms with Gasteiger partial charge >= 0.3 is 0 Å². The Morgan fingerprint density at radius 2 is 1.47 bits per heavy atom. The summed E-state index contributed by atoms with van der Waals surface area (Å²) < 4.78 is 0. The predicted octanol–water partition coefficient (Wildman–Crippen LogP) is 5.35. The minimum atomic E-state index is -0.165. The molecule has 0 saturated carbocycles. The first-order chi connectivity index (χ1) is 9.21. The third-order valence-corrected chi connectivity index (χ3v) is 2.02. The summed E-state index contributed by atoms with van der Waals surface area (Å²) >= 11 is 0. The van der Waals surface area contributed by atoms with E-state index in [9.17, 15) is 0 Å². The van der Waals surface area contributed by atoms with Gasteiger partial charge in [0.05, 0.1) is 6.04 Å². The van der Waals surface area contributed by atoms with Crippen LogP contribution in [0.5, 0.6) is 0 Å². The van der Waals surface area contributed by atoms with Gasteiger partial charge < -0.3 is 5.73 Å². The SMILES string of the molecule is C=C/C=C\C(=C/C)C(N)/C(C=C)=C/C=C.CC.CC. The number of allylic oxidation sites excluding steroid dienone is 5. The third-order valence-electron chi connectivity index (χ3n) is 2.02. The molecular weight excluding hydrogens is 230 g/mol. The van der Waals surface area contributed by atoms with Gasteiger partial charge in [-0.2, -0.15) is 0 Å². The van der Waals surface area contributed by atoms with Crippen LogP contribution in [0, 0.1) is 0 Å². The van der Waals surface area contributed by atoms with Crippen molar-refractivity contribution in [2.24, 2.45) is 5.73 Å². The van der Waals surface area contributed by atoms with Gasteiger partial charge in [-0.05, 0) is 18.1 Å². The van der Waals surface area contributed by atoms with Crippen LogP contribution in [0.15, 0.2) is 73.4 Å². The molecule has 1 nitrogen and oxygen atoms in total. The number of rotatable bonds is 6. The van der Waals surface area contributed by atoms with E-state index in [0.717, 1.165) is 11.1 Å². The van der Waals surface area contributed by atoms with Crippen LogP contribution in [0.4, 0.5) is 0 Å². The fourth-order valence-corrected chi connectivity index (χ4v) is 1.19. The van der Waals surface area contributed by atoms with E-state index in [1.165, 1.54) is 0 Å². The predicted molar refractivity (Wildman–Crippen MR) is 92.2 cm³/mol. The lowest BCUT2D eigenvalue weighted by atomic mass is 9.98. The van der Waals surface area contributed by atoms with Crippen LogP contribution >= 0.6 is 0 Å². The van der Waals surface area contributed by atoms with E-state index in [2.05, 4.69) is 19.7 Å². The summed E-state index contributed by atoms with van der Waals surface area (Å²) in [6, 6.07) is -0.165. The molecule has 0 aromatic carbocycles. The summed E-state index contributed by atoms with van der Waals surface area (Å²) in [5, 5.41) is 0. The fraction of sp³-hybridized carbons (Fsp3) is 0.333. The standard InChI is InChI=1S/C14H19N.2C2H6/c1-5-9-11-13(8-4)14(15)12(7-3)10-6-2;2*1-2/h5-11,14H,1-3,15H2,4H3;2*1-2H3/b11-9-,12-10+,13-8+;;. The molecule has 2 N–H and O–H groups in total. The first kappa shape index (κ1) is 22.6. The van der Waals surface area contributed by atoms with E-state index in [-0.39, 0.29) is 6.04 Å². The van der Waals surface area contributed by atoms with E-state index in [0.29, 0.717) is 0 Å². The molecule has 1 heteroatoms. The molecule has 0 radical (unpaired) electrons. The van der Waals surface area contributed by atoms with Crippen molar-refractivity contribution >= 4 is 0 Å². The quantitative estimate of drug-likeness (QED) is 0.640. The second kappa shape index (κ2) is 18.8. The Kier molecular flexibility index (Phi) is 22.3. The zero-order valence-corrected chi connectivity index (χ0v) is 13.3. The maximum absolute atomic E-state index is 6.07. The fourth-order valence-electron chi connectivity index (χ4n) is 1.19. The third kappa shape index (κ3) is 11.2. The Morgan fingerprint density at radius 1 is 0.947 bits per heavy atom. The molecule has 19 heavy (non-hydrogen) atoms. The highest BCUT2D eigenvalue weighted by atomic mass is 14.6. The van der Waals surface area contributed by atoms with Gasteiger partial charge in [0.2, 0.25) is 0 Å². The first-order valence-electron chi connectivity index (χ1n) is 6.87. The molecule has 0 bridgehead atoms. The Balaban J connectivity index is -0.000000579. The normalized spacial score (nSPS) is 12.5. The highest BCUT2D eigenvalue weighted by Crippen LogP contribution is 2.12. The molecule has 108 valence electrons. The average Bonchev–Trinajstić information content (AvgIpc) is 2.49. The van der Waals surface area contributed by atoms with Crippen LogP contribution in [0.1, 0.15) is 34.6 Å². The Labute approximate surface area is 120 Å². The van der Waals surface area contributed by atoms with Crippen molar-refractivity contribution in [1.82, 2.24) is 0 Å². The zero-order valence-electron chi connectivity index (χ0n) is 13.3. The Morgan fingerprint density at radius 3 is 1.79 bits per heavy atom. The molecule has 0 heterocycles. The highest BCUT2D eigenvalue weighted by Gasteiger charge is 2.07. The minimum Gasteiger partial charge on any atom is -0.320 e. The molecule has 0 saturated heterocycles. The van der Waals surface area contributed by atoms with Crippen LogP contribution in [0.2, 0.25) is 0 Å². The average molecular weight is 261 g/mol. The van der Waals surface area contributed by atoms with Crippen LogP contribution in [0.3, 0.4) is 0 Å². The van der Waals surface area contributed by atoms with Gasteiger partial charge in [0.15, 0.2) is 0 Å². The van der Waals surface area contributed by atoms with Crippen molar-refractivity contribution < 1.29 is 0 Å². The highest BCUT2D eigenvalue weighted by molar-refractivity contribution is 5.39. The van der Waals surface area contributed by atoms with E-state index in [4.69, 9.17) is 5.73 Å². The van der Waals surface area contributed by atoms with Crippen molar-refractivity contribution in [3.8, 4) is 0 Å². The number of nitrogens with two attached hydrogens (primary N) is 1. The molecule has 0 aromatic heterocycles. The van der Waals surface area contributed by atoms with Gasteiger partial charge in [0.1, 0.15) is 0 Å². The summed E-state index contributed by atoms with van der Waals surface area (Å²) in [5.41, 5.74) is 8.05. The van der Waals surface area contributed by atoms with Gasteiger partial charge in [-0.1, -0.05) is 90.0 Å². The van der Waals surface area contributed by atoms with Crippen molar-refractivity contribution in [1.29, 1.82) is 0 Å². The molecule has 0 amide bonds. The second-order valence-corrected chi connectivity index (χ2v) is 2.97. The lowest BCUT2D eigenvalue weighted by Crippen LogP contribution is -2.23. The minimum absolute atomic E-state index is 0.165. The molecule has 0 aliphatic heterocycles. The number of hydrogen-bond acceptors (Lipinski definition) is 1. The Bertz CT molecular complexity index is 317. The smallest absolute Gasteiger partial charge is 0.0548 e. The second-order valence-electron chi connectivity index (χ2n) is 2.97. The van der Waals surface area contributed by atoms with Crippen molar-refractivity contribution in [2.45, 2.75) is 40.7 Å². The lowest BCUT2D eigenvalue weighted by molar-refractivity contribution is 0.934. The van der Waals surface area contributed by atoms with Gasteiger partial charge in [0, 0.05) is 0 Å². The molecule has 0 aromatic rings. The maximum Gasteiger partial charge on any atom is 0.0548 e. The molecule has 0 fully saturated rings. The van der Waals surface area contributed by atoms with Gasteiger partial charge in [0.25, 0.3) is 0 Å². The van der Waals surface area contributed by atoms with Gasteiger partial charge in [-0.3, -0.25) is 0 Å². The monoisotopic (exact) mass is 261 g/mol. The molecule has 0 spiro atoms. The summed E-state index contributed by atoms with van der Waals surface area (Å²) in [6.07, 6.45) is 12.8. The maximum atomic E-state index is 6.07. The topological polar surface area (TPSA) is 26.0 Å². The molecule has 0 aliphatic rings. The van der Waals surface area contributed by atoms with Crippen LogP contribution in [-0.2, 0) is 0 Å². The van der Waals surface area contributed by atoms with Gasteiger partial charge in [-0.15, -0.1) is 0 Å². The van der Waals surface area contributed by atoms with E-state index >= 15 is 0 Å². The van der Waals surface area contributed by atoms with Crippen molar-refractivity contribution in [3.05, 3.63) is 73.4 Å². The molecule has 0 rings (SSSR count). The molecular formula is C18H31N. The molecule has 0 aliphatic carbocycles. The van der Waals surface area contributed by atoms with Crippen molar-refractivity contribution in [2.75, 3.05) is 0 Å². The summed E-state index contributed by atoms with van der Waals surface area (Å²) in [7, 11) is 0. The van der Waals surface area contributed by atoms with Crippen LogP contribution < -0.4 is 5.73 Å².